The predicted molar refractivity (Wildman–Crippen MR) is 74.0 cm³/mol. The fourth-order valence-corrected chi connectivity index (χ4v) is 1.90. The third-order valence-electron chi connectivity index (χ3n) is 3.02. The number of hydrogen-bond acceptors (Lipinski definition) is 3. The topological polar surface area (TPSA) is 59.4 Å². The van der Waals surface area contributed by atoms with Gasteiger partial charge < -0.3 is 9.84 Å². The van der Waals surface area contributed by atoms with E-state index in [1.807, 2.05) is 20.8 Å². The van der Waals surface area contributed by atoms with Crippen LogP contribution in [0.4, 0.5) is 0 Å². The van der Waals surface area contributed by atoms with Gasteiger partial charge in [-0.15, -0.1) is 0 Å². The second kappa shape index (κ2) is 4.53. The molecule has 0 unspecified atom stereocenters. The van der Waals surface area contributed by atoms with Gasteiger partial charge in [0, 0.05) is 22.6 Å². The van der Waals surface area contributed by atoms with Gasteiger partial charge in [0.15, 0.2) is 0 Å². The molecule has 2 rings (SSSR count). The van der Waals surface area contributed by atoms with Crippen molar-refractivity contribution < 1.29 is 14.6 Å². The fourth-order valence-electron chi connectivity index (χ4n) is 1.90. The highest BCUT2D eigenvalue weighted by Gasteiger charge is 2.20. The molecule has 0 saturated heterocycles. The molecule has 0 aliphatic heterocycles. The molecule has 2 aromatic rings. The van der Waals surface area contributed by atoms with E-state index in [0.717, 1.165) is 5.69 Å². The van der Waals surface area contributed by atoms with Crippen molar-refractivity contribution in [3.05, 3.63) is 35.5 Å². The number of fused-ring (bicyclic) bond motifs is 1. The van der Waals surface area contributed by atoms with Gasteiger partial charge in [-0.3, -0.25) is 4.98 Å². The Morgan fingerprint density at radius 1 is 1.26 bits per heavy atom. The Balaban J connectivity index is 2.80. The Bertz CT molecular complexity index is 642. The summed E-state index contributed by atoms with van der Waals surface area (Å²) in [5, 5.41) is 9.97. The fraction of sp³-hybridized carbons (Fsp3) is 0.333. The molecule has 0 radical (unpaired) electrons. The number of pyridine rings is 1. The molecule has 0 aliphatic rings. The Morgan fingerprint density at radius 2 is 1.95 bits per heavy atom. The van der Waals surface area contributed by atoms with Crippen molar-refractivity contribution >= 4 is 16.9 Å². The van der Waals surface area contributed by atoms with E-state index in [1.54, 1.807) is 31.4 Å². The van der Waals surface area contributed by atoms with E-state index in [9.17, 15) is 9.90 Å². The number of carboxylic acids is 1. The first-order valence-corrected chi connectivity index (χ1v) is 6.05. The van der Waals surface area contributed by atoms with Crippen LogP contribution in [0, 0.1) is 0 Å². The lowest BCUT2D eigenvalue weighted by Crippen LogP contribution is -2.15. The highest BCUT2D eigenvalue weighted by molar-refractivity contribution is 6.02. The molecule has 0 saturated carbocycles. The van der Waals surface area contributed by atoms with E-state index in [-0.39, 0.29) is 11.0 Å². The zero-order chi connectivity index (χ0) is 14.2. The van der Waals surface area contributed by atoms with Gasteiger partial charge >= 0.3 is 5.97 Å². The molecule has 100 valence electrons. The van der Waals surface area contributed by atoms with Crippen LogP contribution in [0.25, 0.3) is 10.9 Å². The molecule has 0 amide bonds. The lowest BCUT2D eigenvalue weighted by Gasteiger charge is -2.19. The standard InChI is InChI=1S/C15H17NO3/c1-15(2,3)13-8-11(14(17)18)10-6-5-9(19-4)7-12(10)16-13/h5-8H,1-4H3,(H,17,18). The minimum absolute atomic E-state index is 0.207. The Kier molecular flexibility index (Phi) is 3.18. The number of aromatic nitrogens is 1. The smallest absolute Gasteiger partial charge is 0.336 e. The van der Waals surface area contributed by atoms with E-state index in [1.165, 1.54) is 0 Å². The number of carbonyl (C=O) groups is 1. The van der Waals surface area contributed by atoms with Gasteiger partial charge in [0.2, 0.25) is 0 Å². The molecule has 1 N–H and O–H groups in total. The van der Waals surface area contributed by atoms with E-state index >= 15 is 0 Å². The molecule has 1 heterocycles. The van der Waals surface area contributed by atoms with Crippen LogP contribution < -0.4 is 4.74 Å². The average Bonchev–Trinajstić information content (AvgIpc) is 2.35. The van der Waals surface area contributed by atoms with Gasteiger partial charge in [-0.2, -0.15) is 0 Å². The first-order valence-electron chi connectivity index (χ1n) is 6.05. The van der Waals surface area contributed by atoms with Gasteiger partial charge in [0.05, 0.1) is 18.2 Å². The monoisotopic (exact) mass is 259 g/mol. The number of carboxylic acid groups (broad SMARTS) is 1. The van der Waals surface area contributed by atoms with Crippen LogP contribution >= 0.6 is 0 Å². The molecule has 4 heteroatoms. The molecule has 1 aromatic carbocycles. The van der Waals surface area contributed by atoms with Crippen molar-refractivity contribution in [1.29, 1.82) is 0 Å². The van der Waals surface area contributed by atoms with E-state index in [4.69, 9.17) is 4.74 Å². The van der Waals surface area contributed by atoms with Crippen LogP contribution in [0.2, 0.25) is 0 Å². The van der Waals surface area contributed by atoms with Crippen molar-refractivity contribution in [1.82, 2.24) is 4.98 Å². The maximum atomic E-state index is 11.4. The molecule has 0 spiro atoms. The number of benzene rings is 1. The maximum Gasteiger partial charge on any atom is 0.336 e. The summed E-state index contributed by atoms with van der Waals surface area (Å²) in [5.74, 6) is -0.273. The van der Waals surface area contributed by atoms with Crippen molar-refractivity contribution in [2.75, 3.05) is 7.11 Å². The summed E-state index contributed by atoms with van der Waals surface area (Å²) in [6, 6.07) is 6.89. The second-order valence-corrected chi connectivity index (χ2v) is 5.49. The van der Waals surface area contributed by atoms with Crippen LogP contribution in [0.15, 0.2) is 24.3 Å². The van der Waals surface area contributed by atoms with Gasteiger partial charge in [-0.05, 0) is 18.2 Å². The van der Waals surface area contributed by atoms with Crippen LogP contribution in [0.1, 0.15) is 36.8 Å². The third kappa shape index (κ3) is 2.52. The Morgan fingerprint density at radius 3 is 2.47 bits per heavy atom. The van der Waals surface area contributed by atoms with E-state index in [2.05, 4.69) is 4.98 Å². The Labute approximate surface area is 112 Å². The second-order valence-electron chi connectivity index (χ2n) is 5.49. The highest BCUT2D eigenvalue weighted by Crippen LogP contribution is 2.28. The van der Waals surface area contributed by atoms with Crippen molar-refractivity contribution in [2.45, 2.75) is 26.2 Å². The molecule has 0 bridgehead atoms. The third-order valence-corrected chi connectivity index (χ3v) is 3.02. The summed E-state index contributed by atoms with van der Waals surface area (Å²) in [7, 11) is 1.58. The molecule has 0 fully saturated rings. The largest absolute Gasteiger partial charge is 0.497 e. The Hall–Kier alpha value is -2.10. The normalized spacial score (nSPS) is 11.6. The molecule has 19 heavy (non-hydrogen) atoms. The SMILES string of the molecule is COc1ccc2c(C(=O)O)cc(C(C)(C)C)nc2c1. The number of rotatable bonds is 2. The summed E-state index contributed by atoms with van der Waals surface area (Å²) in [4.78, 5) is 15.9. The summed E-state index contributed by atoms with van der Waals surface area (Å²) < 4.78 is 5.16. The number of hydrogen-bond donors (Lipinski definition) is 1. The molecule has 0 aliphatic carbocycles. The van der Waals surface area contributed by atoms with Crippen LogP contribution in [0.3, 0.4) is 0 Å². The van der Waals surface area contributed by atoms with Crippen molar-refractivity contribution in [3.63, 3.8) is 0 Å². The lowest BCUT2D eigenvalue weighted by atomic mass is 9.90. The zero-order valence-electron chi connectivity index (χ0n) is 11.5. The van der Waals surface area contributed by atoms with Crippen molar-refractivity contribution in [2.24, 2.45) is 0 Å². The van der Waals surface area contributed by atoms with E-state index in [0.29, 0.717) is 16.7 Å². The maximum absolute atomic E-state index is 11.4. The first kappa shape index (κ1) is 13.3. The molecular weight excluding hydrogens is 242 g/mol. The van der Waals surface area contributed by atoms with Gasteiger partial charge in [-0.1, -0.05) is 20.8 Å². The minimum atomic E-state index is -0.942. The number of aromatic carboxylic acids is 1. The quantitative estimate of drug-likeness (QED) is 0.899. The number of ether oxygens (including phenoxy) is 1. The predicted octanol–water partition coefficient (Wildman–Crippen LogP) is 3.24. The summed E-state index contributed by atoms with van der Waals surface area (Å²) in [6.45, 7) is 6.02. The number of methoxy groups -OCH3 is 1. The van der Waals surface area contributed by atoms with Gasteiger partial charge in [-0.25, -0.2) is 4.79 Å². The zero-order valence-corrected chi connectivity index (χ0v) is 11.5. The van der Waals surface area contributed by atoms with Crippen LogP contribution in [-0.2, 0) is 5.41 Å². The summed E-state index contributed by atoms with van der Waals surface area (Å²) in [5.41, 5.74) is 1.47. The van der Waals surface area contributed by atoms with Crippen LogP contribution in [0.5, 0.6) is 5.75 Å². The highest BCUT2D eigenvalue weighted by atomic mass is 16.5. The average molecular weight is 259 g/mol. The minimum Gasteiger partial charge on any atom is -0.497 e. The van der Waals surface area contributed by atoms with E-state index < -0.39 is 5.97 Å². The van der Waals surface area contributed by atoms with Crippen molar-refractivity contribution in [3.8, 4) is 5.75 Å². The summed E-state index contributed by atoms with van der Waals surface area (Å²) in [6.07, 6.45) is 0. The lowest BCUT2D eigenvalue weighted by molar-refractivity contribution is 0.0699. The molecular formula is C15H17NO3. The van der Waals surface area contributed by atoms with Gasteiger partial charge in [0.25, 0.3) is 0 Å². The first-order chi connectivity index (χ1) is 8.82. The van der Waals surface area contributed by atoms with Gasteiger partial charge in [0.1, 0.15) is 5.75 Å². The number of nitrogens with zero attached hydrogens (tertiary/aromatic N) is 1. The molecule has 1 aromatic heterocycles. The molecule has 0 atom stereocenters. The molecule has 4 nitrogen and oxygen atoms in total. The summed E-state index contributed by atoms with van der Waals surface area (Å²) >= 11 is 0. The van der Waals surface area contributed by atoms with Crippen LogP contribution in [-0.4, -0.2) is 23.2 Å².